The first-order valence-corrected chi connectivity index (χ1v) is 5.08. The Morgan fingerprint density at radius 2 is 2.13 bits per heavy atom. The van der Waals surface area contributed by atoms with Gasteiger partial charge in [-0.1, -0.05) is 0 Å². The Hall–Kier alpha value is -1.18. The van der Waals surface area contributed by atoms with E-state index in [4.69, 9.17) is 4.74 Å². The van der Waals surface area contributed by atoms with Gasteiger partial charge in [0.2, 0.25) is 5.75 Å². The fourth-order valence-electron chi connectivity index (χ4n) is 1.16. The molecule has 0 heterocycles. The highest BCUT2D eigenvalue weighted by Gasteiger charge is 2.21. The number of carbonyl (C=O) groups excluding carboxylic acids is 1. The van der Waals surface area contributed by atoms with Crippen LogP contribution in [0.15, 0.2) is 12.1 Å². The number of Topliss-reactive ketones (excluding diaryl/α,β-unsaturated/α-hetero) is 1. The van der Waals surface area contributed by atoms with E-state index in [2.05, 4.69) is 0 Å². The van der Waals surface area contributed by atoms with Crippen LogP contribution in [0, 0.1) is 13.7 Å². The zero-order valence-corrected chi connectivity index (χ0v) is 10.3. The standard InChI is InChI=1S/C9H8INO4/c1-5(12)6-3-4-7(11(13)14)9(15-2)8(6)10/h3-4H,1-2H3. The van der Waals surface area contributed by atoms with Gasteiger partial charge in [0.05, 0.1) is 15.6 Å². The minimum absolute atomic E-state index is 0.132. The molecule has 0 aliphatic rings. The summed E-state index contributed by atoms with van der Waals surface area (Å²) in [5.74, 6) is -0.0131. The highest BCUT2D eigenvalue weighted by molar-refractivity contribution is 14.1. The van der Waals surface area contributed by atoms with Crippen LogP contribution in [0.4, 0.5) is 5.69 Å². The molecule has 1 aromatic rings. The number of halogens is 1. The molecule has 0 saturated heterocycles. The van der Waals surface area contributed by atoms with Gasteiger partial charge < -0.3 is 4.74 Å². The smallest absolute Gasteiger partial charge is 0.312 e. The third-order valence-corrected chi connectivity index (χ3v) is 2.93. The molecule has 0 radical (unpaired) electrons. The lowest BCUT2D eigenvalue weighted by Crippen LogP contribution is -2.02. The Bertz CT molecular complexity index is 430. The molecule has 80 valence electrons. The molecular formula is C9H8INO4. The molecule has 0 bridgehead atoms. The topological polar surface area (TPSA) is 69.4 Å². The van der Waals surface area contributed by atoms with E-state index in [9.17, 15) is 14.9 Å². The first kappa shape index (κ1) is 11.9. The number of hydrogen-bond acceptors (Lipinski definition) is 4. The van der Waals surface area contributed by atoms with E-state index in [1.165, 1.54) is 26.2 Å². The minimum Gasteiger partial charge on any atom is -0.489 e. The largest absolute Gasteiger partial charge is 0.489 e. The van der Waals surface area contributed by atoms with Gasteiger partial charge in [0.15, 0.2) is 5.78 Å². The zero-order valence-electron chi connectivity index (χ0n) is 8.11. The number of ether oxygens (including phenoxy) is 1. The van der Waals surface area contributed by atoms with Gasteiger partial charge in [-0.05, 0) is 35.6 Å². The number of carbonyl (C=O) groups is 1. The summed E-state index contributed by atoms with van der Waals surface area (Å²) in [6.45, 7) is 1.41. The Balaban J connectivity index is 3.45. The van der Waals surface area contributed by atoms with Crippen LogP contribution in [-0.2, 0) is 0 Å². The quantitative estimate of drug-likeness (QED) is 0.371. The Morgan fingerprint density at radius 3 is 2.53 bits per heavy atom. The normalized spacial score (nSPS) is 9.80. The van der Waals surface area contributed by atoms with Gasteiger partial charge in [-0.3, -0.25) is 14.9 Å². The molecule has 0 N–H and O–H groups in total. The second-order valence-corrected chi connectivity index (χ2v) is 3.87. The maximum atomic E-state index is 11.2. The summed E-state index contributed by atoms with van der Waals surface area (Å²) >= 11 is 1.86. The van der Waals surface area contributed by atoms with Gasteiger partial charge >= 0.3 is 5.69 Å². The summed E-state index contributed by atoms with van der Waals surface area (Å²) in [5.41, 5.74) is 0.296. The second-order valence-electron chi connectivity index (χ2n) is 2.79. The zero-order chi connectivity index (χ0) is 11.6. The van der Waals surface area contributed by atoms with E-state index in [0.717, 1.165) is 0 Å². The molecule has 0 amide bonds. The highest BCUT2D eigenvalue weighted by Crippen LogP contribution is 2.34. The van der Waals surface area contributed by atoms with Gasteiger partial charge in [0.25, 0.3) is 0 Å². The molecule has 6 heteroatoms. The fraction of sp³-hybridized carbons (Fsp3) is 0.222. The summed E-state index contributed by atoms with van der Waals surface area (Å²) in [5, 5.41) is 10.7. The lowest BCUT2D eigenvalue weighted by atomic mass is 10.1. The number of nitro groups is 1. The van der Waals surface area contributed by atoms with Gasteiger partial charge in [-0.25, -0.2) is 0 Å². The third-order valence-electron chi connectivity index (χ3n) is 1.86. The van der Waals surface area contributed by atoms with Crippen molar-refractivity contribution in [1.29, 1.82) is 0 Å². The SMILES string of the molecule is COc1c([N+](=O)[O-])ccc(C(C)=O)c1I. The van der Waals surface area contributed by atoms with E-state index in [1.807, 2.05) is 22.6 Å². The number of nitrogens with zero attached hydrogens (tertiary/aromatic N) is 1. The van der Waals surface area contributed by atoms with E-state index < -0.39 is 4.92 Å². The van der Waals surface area contributed by atoms with Crippen LogP contribution in [0.1, 0.15) is 17.3 Å². The van der Waals surface area contributed by atoms with Crippen LogP contribution in [0.3, 0.4) is 0 Å². The molecule has 0 fully saturated rings. The molecule has 0 atom stereocenters. The molecule has 0 saturated carbocycles. The second kappa shape index (κ2) is 4.56. The van der Waals surface area contributed by atoms with Crippen molar-refractivity contribution in [1.82, 2.24) is 0 Å². The predicted octanol–water partition coefficient (Wildman–Crippen LogP) is 2.41. The third kappa shape index (κ3) is 2.25. The monoisotopic (exact) mass is 321 g/mol. The highest BCUT2D eigenvalue weighted by atomic mass is 127. The summed E-state index contributed by atoms with van der Waals surface area (Å²) < 4.78 is 5.40. The van der Waals surface area contributed by atoms with Crippen LogP contribution in [0.2, 0.25) is 0 Å². The van der Waals surface area contributed by atoms with Crippen LogP contribution in [0.25, 0.3) is 0 Å². The van der Waals surface area contributed by atoms with Gasteiger partial charge in [0.1, 0.15) is 0 Å². The minimum atomic E-state index is -0.537. The van der Waals surface area contributed by atoms with Crippen molar-refractivity contribution in [2.45, 2.75) is 6.92 Å². The molecule has 1 aromatic carbocycles. The Labute approximate surface area is 99.7 Å². The summed E-state index contributed by atoms with van der Waals surface area (Å²) in [6.07, 6.45) is 0. The van der Waals surface area contributed by atoms with Gasteiger partial charge in [0, 0.05) is 11.6 Å². The lowest BCUT2D eigenvalue weighted by Gasteiger charge is -2.06. The molecule has 5 nitrogen and oxygen atoms in total. The van der Waals surface area contributed by atoms with Crippen molar-refractivity contribution in [2.75, 3.05) is 7.11 Å². The molecule has 0 unspecified atom stereocenters. The maximum absolute atomic E-state index is 11.2. The first-order chi connectivity index (χ1) is 6.99. The fourth-order valence-corrected chi connectivity index (χ4v) is 2.21. The predicted molar refractivity (Wildman–Crippen MR) is 62.4 cm³/mol. The van der Waals surface area contributed by atoms with Crippen LogP contribution < -0.4 is 4.74 Å². The van der Waals surface area contributed by atoms with Crippen molar-refractivity contribution in [3.05, 3.63) is 31.4 Å². The number of ketones is 1. The molecule has 0 aliphatic heterocycles. The number of rotatable bonds is 3. The van der Waals surface area contributed by atoms with Crippen molar-refractivity contribution in [2.24, 2.45) is 0 Å². The van der Waals surface area contributed by atoms with Crippen molar-refractivity contribution in [3.63, 3.8) is 0 Å². The molecule has 0 spiro atoms. The summed E-state index contributed by atoms with van der Waals surface area (Å²) in [4.78, 5) is 21.3. The summed E-state index contributed by atoms with van der Waals surface area (Å²) in [7, 11) is 1.34. The van der Waals surface area contributed by atoms with Crippen molar-refractivity contribution < 1.29 is 14.5 Å². The van der Waals surface area contributed by atoms with E-state index in [0.29, 0.717) is 9.13 Å². The Kier molecular flexibility index (Phi) is 3.61. The first-order valence-electron chi connectivity index (χ1n) is 4.00. The number of benzene rings is 1. The molecule has 15 heavy (non-hydrogen) atoms. The molecule has 0 aromatic heterocycles. The maximum Gasteiger partial charge on any atom is 0.312 e. The van der Waals surface area contributed by atoms with Crippen molar-refractivity contribution in [3.8, 4) is 5.75 Å². The van der Waals surface area contributed by atoms with Gasteiger partial charge in [-0.15, -0.1) is 0 Å². The molecule has 1 rings (SSSR count). The van der Waals surface area contributed by atoms with Crippen LogP contribution in [0.5, 0.6) is 5.75 Å². The average molecular weight is 321 g/mol. The van der Waals surface area contributed by atoms with Gasteiger partial charge in [-0.2, -0.15) is 0 Å². The Morgan fingerprint density at radius 1 is 1.53 bits per heavy atom. The summed E-state index contributed by atoms with van der Waals surface area (Å²) in [6, 6.07) is 2.71. The van der Waals surface area contributed by atoms with Crippen molar-refractivity contribution >= 4 is 34.1 Å². The molecular weight excluding hydrogens is 313 g/mol. The lowest BCUT2D eigenvalue weighted by molar-refractivity contribution is -0.385. The number of nitro benzene ring substituents is 1. The average Bonchev–Trinajstić information content (AvgIpc) is 2.16. The molecule has 0 aliphatic carbocycles. The van der Waals surface area contributed by atoms with E-state index in [-0.39, 0.29) is 17.2 Å². The van der Waals surface area contributed by atoms with E-state index in [1.54, 1.807) is 0 Å². The number of methoxy groups -OCH3 is 1. The van der Waals surface area contributed by atoms with Crippen LogP contribution >= 0.6 is 22.6 Å². The van der Waals surface area contributed by atoms with Crippen LogP contribution in [-0.4, -0.2) is 17.8 Å². The van der Waals surface area contributed by atoms with E-state index >= 15 is 0 Å². The number of hydrogen-bond donors (Lipinski definition) is 0.